The van der Waals surface area contributed by atoms with Crippen LogP contribution in [-0.4, -0.2) is 49.6 Å². The molecule has 0 spiro atoms. The molecule has 1 saturated heterocycles. The van der Waals surface area contributed by atoms with Crippen molar-refractivity contribution in [1.82, 2.24) is 25.0 Å². The highest BCUT2D eigenvalue weighted by Gasteiger charge is 2.50. The first-order valence-corrected chi connectivity index (χ1v) is 10.1. The monoisotopic (exact) mass is 452 g/mol. The Morgan fingerprint density at radius 2 is 1.88 bits per heavy atom. The zero-order chi connectivity index (χ0) is 23.5. The van der Waals surface area contributed by atoms with Crippen molar-refractivity contribution in [3.63, 3.8) is 0 Å². The average Bonchev–Trinajstić information content (AvgIpc) is 3.32. The Kier molecular flexibility index (Phi) is 6.51. The van der Waals surface area contributed by atoms with Crippen LogP contribution in [0, 0.1) is 0 Å². The number of rotatable bonds is 8. The molecule has 1 aliphatic rings. The fraction of sp³-hybridized carbons (Fsp3) is 0.450. The topological polar surface area (TPSA) is 109 Å². The maximum absolute atomic E-state index is 13.2. The van der Waals surface area contributed by atoms with Gasteiger partial charge in [0.25, 0.3) is 5.91 Å². The van der Waals surface area contributed by atoms with Gasteiger partial charge in [-0.15, -0.1) is 0 Å². The lowest BCUT2D eigenvalue weighted by molar-refractivity contribution is -0.137. The van der Waals surface area contributed by atoms with E-state index < -0.39 is 41.7 Å². The summed E-state index contributed by atoms with van der Waals surface area (Å²) in [6, 6.07) is 2.06. The smallest absolute Gasteiger partial charge is 0.323 e. The van der Waals surface area contributed by atoms with Crippen LogP contribution >= 0.6 is 0 Å². The van der Waals surface area contributed by atoms with Crippen molar-refractivity contribution in [2.24, 2.45) is 0 Å². The summed E-state index contributed by atoms with van der Waals surface area (Å²) in [6.45, 7) is 3.13. The first-order chi connectivity index (χ1) is 15.1. The van der Waals surface area contributed by atoms with Crippen molar-refractivity contribution < 1.29 is 27.6 Å². The van der Waals surface area contributed by atoms with E-state index in [4.69, 9.17) is 0 Å². The summed E-state index contributed by atoms with van der Waals surface area (Å²) < 4.78 is 40.8. The molecule has 2 N–H and O–H groups in total. The fourth-order valence-electron chi connectivity index (χ4n) is 3.82. The molecular weight excluding hydrogens is 429 g/mol. The van der Waals surface area contributed by atoms with Gasteiger partial charge in [-0.2, -0.15) is 18.3 Å². The van der Waals surface area contributed by atoms with Crippen LogP contribution < -0.4 is 10.6 Å². The lowest BCUT2D eigenvalue weighted by Gasteiger charge is -2.25. The zero-order valence-corrected chi connectivity index (χ0v) is 17.6. The number of anilines is 1. The van der Waals surface area contributed by atoms with Gasteiger partial charge in [-0.3, -0.25) is 14.5 Å². The first kappa shape index (κ1) is 23.2. The lowest BCUT2D eigenvalue weighted by atomic mass is 9.88. The SMILES string of the molecule is CCCC1(CCC)NC(=O)N(CC(=O)Nc2cc(C(F)(F)F)ccc2-n2cncn2)C1=O. The number of hydrogen-bond acceptors (Lipinski definition) is 5. The maximum Gasteiger partial charge on any atom is 0.416 e. The van der Waals surface area contributed by atoms with E-state index >= 15 is 0 Å². The van der Waals surface area contributed by atoms with Gasteiger partial charge >= 0.3 is 12.2 Å². The van der Waals surface area contributed by atoms with Crippen LogP contribution in [0.2, 0.25) is 0 Å². The van der Waals surface area contributed by atoms with Gasteiger partial charge in [0.15, 0.2) is 0 Å². The molecule has 0 bridgehead atoms. The molecule has 4 amide bonds. The van der Waals surface area contributed by atoms with Crippen LogP contribution in [0.25, 0.3) is 5.69 Å². The number of halogens is 3. The summed E-state index contributed by atoms with van der Waals surface area (Å²) in [5.74, 6) is -1.33. The normalized spacial score (nSPS) is 15.7. The van der Waals surface area contributed by atoms with Gasteiger partial charge in [0.1, 0.15) is 24.7 Å². The highest BCUT2D eigenvalue weighted by Crippen LogP contribution is 2.33. The van der Waals surface area contributed by atoms with Crippen molar-refractivity contribution in [3.05, 3.63) is 36.4 Å². The molecule has 0 radical (unpaired) electrons. The summed E-state index contributed by atoms with van der Waals surface area (Å²) >= 11 is 0. The Balaban J connectivity index is 1.84. The second-order valence-corrected chi connectivity index (χ2v) is 7.52. The number of nitrogens with zero attached hydrogens (tertiary/aromatic N) is 4. The van der Waals surface area contributed by atoms with Crippen LogP contribution in [-0.2, 0) is 15.8 Å². The number of amides is 4. The van der Waals surface area contributed by atoms with E-state index in [1.165, 1.54) is 17.3 Å². The number of nitrogens with one attached hydrogen (secondary N) is 2. The third-order valence-corrected chi connectivity index (χ3v) is 5.16. The van der Waals surface area contributed by atoms with Crippen LogP contribution in [0.3, 0.4) is 0 Å². The van der Waals surface area contributed by atoms with Gasteiger partial charge < -0.3 is 10.6 Å². The molecule has 9 nitrogen and oxygen atoms in total. The van der Waals surface area contributed by atoms with Crippen LogP contribution in [0.15, 0.2) is 30.9 Å². The third kappa shape index (κ3) is 4.58. The Morgan fingerprint density at radius 1 is 1.19 bits per heavy atom. The Hall–Kier alpha value is -3.44. The van der Waals surface area contributed by atoms with E-state index in [1.54, 1.807) is 0 Å². The van der Waals surface area contributed by atoms with E-state index in [0.717, 1.165) is 23.1 Å². The minimum absolute atomic E-state index is 0.146. The summed E-state index contributed by atoms with van der Waals surface area (Å²) in [4.78, 5) is 42.6. The van der Waals surface area contributed by atoms with Crippen molar-refractivity contribution in [3.8, 4) is 5.69 Å². The number of hydrogen-bond donors (Lipinski definition) is 2. The summed E-state index contributed by atoms with van der Waals surface area (Å²) in [5.41, 5.74) is -2.08. The van der Waals surface area contributed by atoms with E-state index in [2.05, 4.69) is 20.7 Å². The van der Waals surface area contributed by atoms with Gasteiger partial charge in [-0.25, -0.2) is 14.5 Å². The molecule has 1 aromatic carbocycles. The number of benzene rings is 1. The number of aromatic nitrogens is 3. The molecule has 0 saturated carbocycles. The van der Waals surface area contributed by atoms with Crippen LogP contribution in [0.5, 0.6) is 0 Å². The lowest BCUT2D eigenvalue weighted by Crippen LogP contribution is -2.47. The number of carbonyl (C=O) groups is 3. The molecule has 12 heteroatoms. The number of alkyl halides is 3. The van der Waals surface area contributed by atoms with Gasteiger partial charge in [0, 0.05) is 0 Å². The van der Waals surface area contributed by atoms with Crippen molar-refractivity contribution >= 4 is 23.5 Å². The third-order valence-electron chi connectivity index (χ3n) is 5.16. The first-order valence-electron chi connectivity index (χ1n) is 10.1. The highest BCUT2D eigenvalue weighted by molar-refractivity contribution is 6.10. The summed E-state index contributed by atoms with van der Waals surface area (Å²) in [7, 11) is 0. The fourth-order valence-corrected chi connectivity index (χ4v) is 3.82. The molecule has 1 fully saturated rings. The molecule has 0 atom stereocenters. The van der Waals surface area contributed by atoms with Gasteiger partial charge in [-0.05, 0) is 31.0 Å². The second kappa shape index (κ2) is 8.97. The maximum atomic E-state index is 13.2. The average molecular weight is 452 g/mol. The molecule has 0 unspecified atom stereocenters. The largest absolute Gasteiger partial charge is 0.416 e. The van der Waals surface area contributed by atoms with E-state index in [9.17, 15) is 27.6 Å². The standard InChI is InChI=1S/C20H23F3N6O3/c1-3-7-19(8-4-2)17(31)28(18(32)27-19)10-16(30)26-14-9-13(20(21,22)23)5-6-15(14)29-12-24-11-25-29/h5-6,9,11-12H,3-4,7-8,10H2,1-2H3,(H,26,30)(H,27,32). The van der Waals surface area contributed by atoms with E-state index in [1.807, 2.05) is 13.8 Å². The van der Waals surface area contributed by atoms with Gasteiger partial charge in [0.2, 0.25) is 5.91 Å². The van der Waals surface area contributed by atoms with Gasteiger partial charge in [-0.1, -0.05) is 26.7 Å². The van der Waals surface area contributed by atoms with Crippen LogP contribution in [0.1, 0.15) is 45.1 Å². The number of urea groups is 1. The second-order valence-electron chi connectivity index (χ2n) is 7.52. The molecule has 3 rings (SSSR count). The predicted octanol–water partition coefficient (Wildman–Crippen LogP) is 3.12. The Bertz CT molecular complexity index is 1000. The molecular formula is C20H23F3N6O3. The molecule has 0 aliphatic carbocycles. The molecule has 1 aliphatic heterocycles. The van der Waals surface area contributed by atoms with E-state index in [0.29, 0.717) is 25.7 Å². The zero-order valence-electron chi connectivity index (χ0n) is 17.6. The summed E-state index contributed by atoms with van der Waals surface area (Å²) in [5, 5.41) is 8.93. The van der Waals surface area contributed by atoms with Crippen molar-refractivity contribution in [2.75, 3.05) is 11.9 Å². The minimum atomic E-state index is -4.63. The molecule has 2 heterocycles. The van der Waals surface area contributed by atoms with E-state index in [-0.39, 0.29) is 11.4 Å². The Labute approximate surface area is 182 Å². The molecule has 32 heavy (non-hydrogen) atoms. The van der Waals surface area contributed by atoms with Gasteiger partial charge in [0.05, 0.1) is 16.9 Å². The van der Waals surface area contributed by atoms with Crippen LogP contribution in [0.4, 0.5) is 23.7 Å². The molecule has 1 aromatic heterocycles. The predicted molar refractivity (Wildman–Crippen MR) is 108 cm³/mol. The molecule has 172 valence electrons. The minimum Gasteiger partial charge on any atom is -0.323 e. The summed E-state index contributed by atoms with van der Waals surface area (Å²) in [6.07, 6.45) is -0.0293. The highest BCUT2D eigenvalue weighted by atomic mass is 19.4. The number of imide groups is 1. The quantitative estimate of drug-likeness (QED) is 0.598. The van der Waals surface area contributed by atoms with Crippen molar-refractivity contribution in [1.29, 1.82) is 0 Å². The number of carbonyl (C=O) groups excluding carboxylic acids is 3. The Morgan fingerprint density at radius 3 is 2.44 bits per heavy atom. The van der Waals surface area contributed by atoms with Crippen molar-refractivity contribution in [2.45, 2.75) is 51.2 Å². The molecule has 2 aromatic rings.